The number of para-hydroxylation sites is 1. The summed E-state index contributed by atoms with van der Waals surface area (Å²) in [6, 6.07) is 47.4. The van der Waals surface area contributed by atoms with Gasteiger partial charge in [0.2, 0.25) is 0 Å². The van der Waals surface area contributed by atoms with E-state index >= 15 is 0 Å². The molecule has 6 aromatic heterocycles. The van der Waals surface area contributed by atoms with Crippen LogP contribution >= 0.6 is 0 Å². The van der Waals surface area contributed by atoms with Crippen molar-refractivity contribution < 1.29 is 0 Å². The lowest BCUT2D eigenvalue weighted by Crippen LogP contribution is -2.01. The molecule has 0 aliphatic rings. The second-order valence-corrected chi connectivity index (χ2v) is 13.7. The first kappa shape index (κ1) is 31.7. The lowest BCUT2D eigenvalue weighted by Gasteiger charge is -2.16. The summed E-state index contributed by atoms with van der Waals surface area (Å²) >= 11 is 0. The molecule has 0 atom stereocenters. The van der Waals surface area contributed by atoms with E-state index in [-0.39, 0.29) is 0 Å². The van der Waals surface area contributed by atoms with Gasteiger partial charge in [-0.1, -0.05) is 72.8 Å². The lowest BCUT2D eigenvalue weighted by molar-refractivity contribution is 1.07. The Balaban J connectivity index is 1.22. The van der Waals surface area contributed by atoms with Crippen molar-refractivity contribution in [2.24, 2.45) is 0 Å². The highest BCUT2D eigenvalue weighted by Crippen LogP contribution is 2.40. The van der Waals surface area contributed by atoms with Crippen molar-refractivity contribution in [2.45, 2.75) is 0 Å². The molecule has 0 radical (unpaired) electrons. The molecule has 0 aliphatic carbocycles. The molecule has 0 N–H and O–H groups in total. The van der Waals surface area contributed by atoms with Crippen LogP contribution in [0.5, 0.6) is 0 Å². The molecule has 8 nitrogen and oxygen atoms in total. The van der Waals surface area contributed by atoms with Crippen molar-refractivity contribution in [3.8, 4) is 56.4 Å². The summed E-state index contributed by atoms with van der Waals surface area (Å²) in [5, 5.41) is 5.02. The van der Waals surface area contributed by atoms with Gasteiger partial charge in [0.25, 0.3) is 0 Å². The van der Waals surface area contributed by atoms with E-state index in [2.05, 4.69) is 66.7 Å². The van der Waals surface area contributed by atoms with Crippen LogP contribution in [0.4, 0.5) is 0 Å². The van der Waals surface area contributed by atoms with Crippen molar-refractivity contribution in [2.75, 3.05) is 0 Å². The molecule has 0 amide bonds. The van der Waals surface area contributed by atoms with Gasteiger partial charge in [-0.25, -0.2) is 15.0 Å². The molecule has 11 rings (SSSR count). The Bertz CT molecular complexity index is 3190. The Labute approximate surface area is 320 Å². The third-order valence-corrected chi connectivity index (χ3v) is 10.3. The van der Waals surface area contributed by atoms with E-state index in [1.165, 1.54) is 0 Å². The Morgan fingerprint density at radius 3 is 1.41 bits per heavy atom. The number of aromatic nitrogens is 8. The Kier molecular flexibility index (Phi) is 7.31. The molecule has 0 saturated heterocycles. The van der Waals surface area contributed by atoms with Crippen LogP contribution in [-0.4, -0.2) is 39.9 Å². The molecule has 8 heteroatoms. The minimum absolute atomic E-state index is 0.539. The number of fused-ring (bicyclic) bond motifs is 7. The van der Waals surface area contributed by atoms with Crippen LogP contribution in [0.15, 0.2) is 171 Å². The second kappa shape index (κ2) is 12.9. The van der Waals surface area contributed by atoms with Crippen LogP contribution in [0.2, 0.25) is 0 Å². The predicted octanol–water partition coefficient (Wildman–Crippen LogP) is 10.9. The number of hydrogen-bond acceptors (Lipinski definition) is 8. The van der Waals surface area contributed by atoms with E-state index in [1.54, 1.807) is 0 Å². The molecular weight excluding hydrogens is 689 g/mol. The first-order chi connectivity index (χ1) is 27.7. The maximum Gasteiger partial charge on any atom is 0.165 e. The van der Waals surface area contributed by atoms with Crippen LogP contribution < -0.4 is 0 Å². The topological polar surface area (TPSA) is 103 Å². The number of hydrogen-bond donors (Lipinski definition) is 0. The molecule has 5 aromatic carbocycles. The summed E-state index contributed by atoms with van der Waals surface area (Å²) in [6.45, 7) is 0. The third kappa shape index (κ3) is 5.39. The molecular formula is C48H28N8. The van der Waals surface area contributed by atoms with Gasteiger partial charge < -0.3 is 0 Å². The molecule has 0 bridgehead atoms. The highest BCUT2D eigenvalue weighted by atomic mass is 15.0. The van der Waals surface area contributed by atoms with Crippen LogP contribution in [-0.2, 0) is 0 Å². The summed E-state index contributed by atoms with van der Waals surface area (Å²) in [7, 11) is 0. The van der Waals surface area contributed by atoms with Crippen LogP contribution in [0.1, 0.15) is 0 Å². The molecule has 0 fully saturated rings. The van der Waals surface area contributed by atoms with Gasteiger partial charge in [-0.15, -0.1) is 0 Å². The van der Waals surface area contributed by atoms with Gasteiger partial charge in [-0.3, -0.25) is 24.9 Å². The van der Waals surface area contributed by atoms with E-state index in [1.807, 2.05) is 104 Å². The minimum Gasteiger partial charge on any atom is -0.255 e. The quantitative estimate of drug-likeness (QED) is 0.162. The number of nitrogens with zero attached hydrogens (tertiary/aromatic N) is 8. The zero-order chi connectivity index (χ0) is 37.0. The van der Waals surface area contributed by atoms with Gasteiger partial charge >= 0.3 is 0 Å². The van der Waals surface area contributed by atoms with Crippen molar-refractivity contribution >= 4 is 54.5 Å². The molecule has 0 aliphatic heterocycles. The van der Waals surface area contributed by atoms with Crippen LogP contribution in [0.25, 0.3) is 111 Å². The summed E-state index contributed by atoms with van der Waals surface area (Å²) in [5.74, 6) is 1.65. The monoisotopic (exact) mass is 716 g/mol. The number of pyridine rings is 5. The fourth-order valence-corrected chi connectivity index (χ4v) is 7.64. The largest absolute Gasteiger partial charge is 0.255 e. The Hall–Kier alpha value is -7.84. The zero-order valence-corrected chi connectivity index (χ0v) is 29.7. The zero-order valence-electron chi connectivity index (χ0n) is 29.7. The van der Waals surface area contributed by atoms with Crippen LogP contribution in [0.3, 0.4) is 0 Å². The smallest absolute Gasteiger partial charge is 0.165 e. The van der Waals surface area contributed by atoms with Gasteiger partial charge in [0.15, 0.2) is 17.5 Å². The Morgan fingerprint density at radius 2 is 0.786 bits per heavy atom. The maximum absolute atomic E-state index is 5.19. The maximum atomic E-state index is 5.19. The fraction of sp³-hybridized carbons (Fsp3) is 0. The summed E-state index contributed by atoms with van der Waals surface area (Å²) in [4.78, 5) is 39.2. The molecule has 0 saturated carbocycles. The van der Waals surface area contributed by atoms with E-state index < -0.39 is 0 Å². The van der Waals surface area contributed by atoms with Gasteiger partial charge in [0.1, 0.15) is 0 Å². The first-order valence-electron chi connectivity index (χ1n) is 18.3. The first-order valence-corrected chi connectivity index (χ1v) is 18.3. The minimum atomic E-state index is 0.539. The van der Waals surface area contributed by atoms with Crippen molar-refractivity contribution in [1.29, 1.82) is 0 Å². The van der Waals surface area contributed by atoms with E-state index in [9.17, 15) is 0 Å². The summed E-state index contributed by atoms with van der Waals surface area (Å²) in [5.41, 5.74) is 10.9. The van der Waals surface area contributed by atoms with E-state index in [0.717, 1.165) is 93.5 Å². The van der Waals surface area contributed by atoms with Crippen molar-refractivity contribution in [1.82, 2.24) is 39.9 Å². The molecule has 11 aromatic rings. The van der Waals surface area contributed by atoms with Gasteiger partial charge in [0.05, 0.1) is 27.6 Å². The van der Waals surface area contributed by atoms with Gasteiger partial charge in [0, 0.05) is 74.6 Å². The third-order valence-electron chi connectivity index (χ3n) is 10.3. The fourth-order valence-electron chi connectivity index (χ4n) is 7.64. The highest BCUT2D eigenvalue weighted by molar-refractivity contribution is 6.12. The average molecular weight is 717 g/mol. The molecule has 260 valence electrons. The SMILES string of the molecule is c1ccc(-c2nc(-c3cc(-c4cc5cccnc5c5ncccc45)cc(-c4cc5cccnc5c5ncccc45)c3)nc(-c3cnc4ccccc4c3)n2)cc1. The average Bonchev–Trinajstić information content (AvgIpc) is 3.28. The molecule has 6 heterocycles. The molecule has 0 spiro atoms. The normalized spacial score (nSPS) is 11.6. The molecule has 0 unspecified atom stereocenters. The summed E-state index contributed by atoms with van der Waals surface area (Å²) in [6.07, 6.45) is 9.11. The van der Waals surface area contributed by atoms with Gasteiger partial charge in [-0.2, -0.15) is 0 Å². The summed E-state index contributed by atoms with van der Waals surface area (Å²) < 4.78 is 0. The second-order valence-electron chi connectivity index (χ2n) is 13.7. The molecule has 56 heavy (non-hydrogen) atoms. The van der Waals surface area contributed by atoms with E-state index in [4.69, 9.17) is 39.9 Å². The van der Waals surface area contributed by atoms with Gasteiger partial charge in [-0.05, 0) is 89.0 Å². The number of rotatable bonds is 5. The Morgan fingerprint density at radius 1 is 0.304 bits per heavy atom. The lowest BCUT2D eigenvalue weighted by atomic mass is 9.91. The van der Waals surface area contributed by atoms with Crippen molar-refractivity contribution in [3.05, 3.63) is 171 Å². The standard InChI is InChI=1S/C48H28N8/c1-2-10-29(11-3-1)46-54-47(56-48(55-46)36-22-30-12-4-5-17-41(30)53-28-36)35-24-33(39-26-31-13-6-18-49-42(31)44-37(39)15-8-20-51-44)23-34(25-35)40-27-32-14-7-19-50-43(32)45-38(40)16-9-21-52-45/h1-28H. The van der Waals surface area contributed by atoms with Crippen molar-refractivity contribution in [3.63, 3.8) is 0 Å². The van der Waals surface area contributed by atoms with E-state index in [0.29, 0.717) is 17.5 Å². The highest BCUT2D eigenvalue weighted by Gasteiger charge is 2.19. The predicted molar refractivity (Wildman–Crippen MR) is 224 cm³/mol. The van der Waals surface area contributed by atoms with Crippen LogP contribution in [0, 0.1) is 0 Å². The number of benzene rings is 5.